The zero-order valence-corrected chi connectivity index (χ0v) is 16.1. The molecule has 2 N–H and O–H groups in total. The molecule has 1 aliphatic carbocycles. The summed E-state index contributed by atoms with van der Waals surface area (Å²) in [4.78, 5) is 30.4. The average molecular weight is 416 g/mol. The number of amides is 2. The van der Waals surface area contributed by atoms with Crippen molar-refractivity contribution in [2.24, 2.45) is 0 Å². The van der Waals surface area contributed by atoms with Gasteiger partial charge in [-0.1, -0.05) is 17.7 Å². The van der Waals surface area contributed by atoms with Gasteiger partial charge in [0.2, 0.25) is 5.91 Å². The van der Waals surface area contributed by atoms with Crippen LogP contribution >= 0.6 is 22.9 Å². The summed E-state index contributed by atoms with van der Waals surface area (Å²) in [6.45, 7) is 0. The van der Waals surface area contributed by atoms with E-state index in [1.165, 1.54) is 29.5 Å². The number of benzene rings is 2. The van der Waals surface area contributed by atoms with Gasteiger partial charge in [0.05, 0.1) is 11.6 Å². The summed E-state index contributed by atoms with van der Waals surface area (Å²) in [7, 11) is 0. The largest absolute Gasteiger partial charge is 0.325 e. The first-order valence-corrected chi connectivity index (χ1v) is 9.82. The summed E-state index contributed by atoms with van der Waals surface area (Å²) < 4.78 is 13.3. The second kappa shape index (κ2) is 7.69. The maximum atomic E-state index is 13.3. The van der Waals surface area contributed by atoms with E-state index >= 15 is 0 Å². The summed E-state index contributed by atoms with van der Waals surface area (Å²) in [5, 5.41) is 6.51. The number of nitrogens with one attached hydrogen (secondary N) is 2. The smallest absolute Gasteiger partial charge is 0.257 e. The van der Waals surface area contributed by atoms with Gasteiger partial charge in [-0.2, -0.15) is 0 Å². The first-order chi connectivity index (χ1) is 13.5. The van der Waals surface area contributed by atoms with Crippen molar-refractivity contribution in [2.75, 3.05) is 10.6 Å². The molecule has 2 amide bonds. The molecule has 1 unspecified atom stereocenters. The van der Waals surface area contributed by atoms with Crippen LogP contribution in [0.2, 0.25) is 5.02 Å². The molecule has 0 spiro atoms. The average Bonchev–Trinajstić information content (AvgIpc) is 3.22. The summed E-state index contributed by atoms with van der Waals surface area (Å²) in [6.07, 6.45) is 1.35. The predicted molar refractivity (Wildman–Crippen MR) is 108 cm³/mol. The van der Waals surface area contributed by atoms with Crippen molar-refractivity contribution in [1.82, 2.24) is 4.98 Å². The molecule has 1 atom stereocenters. The molecule has 8 heteroatoms. The van der Waals surface area contributed by atoms with E-state index in [9.17, 15) is 14.0 Å². The van der Waals surface area contributed by atoms with Crippen LogP contribution in [0.1, 0.15) is 33.3 Å². The standard InChI is InChI=1S/C20H15ClFN3O2S/c21-12-6-4-11(5-7-12)18(26)25-20-24-17-15(8-9-16(17)28-20)19(27)23-14-3-1-2-13(22)10-14/h1-7,10,15H,8-9H2,(H,23,27)(H,24,25,26). The maximum Gasteiger partial charge on any atom is 0.257 e. The van der Waals surface area contributed by atoms with Crippen molar-refractivity contribution >= 4 is 45.6 Å². The first kappa shape index (κ1) is 18.6. The number of nitrogens with zero attached hydrogens (tertiary/aromatic N) is 1. The number of thiazole rings is 1. The second-order valence-corrected chi connectivity index (χ2v) is 7.90. The fourth-order valence-corrected chi connectivity index (χ4v) is 4.26. The van der Waals surface area contributed by atoms with Crippen LogP contribution in [0.25, 0.3) is 0 Å². The van der Waals surface area contributed by atoms with Gasteiger partial charge in [-0.15, -0.1) is 11.3 Å². The highest BCUT2D eigenvalue weighted by molar-refractivity contribution is 7.16. The first-order valence-electron chi connectivity index (χ1n) is 8.62. The van der Waals surface area contributed by atoms with E-state index in [0.29, 0.717) is 39.9 Å². The number of aromatic nitrogens is 1. The Kier molecular flexibility index (Phi) is 5.11. The Balaban J connectivity index is 1.47. The molecule has 4 rings (SSSR count). The van der Waals surface area contributed by atoms with Gasteiger partial charge in [-0.05, 0) is 55.3 Å². The van der Waals surface area contributed by atoms with Crippen LogP contribution in [-0.4, -0.2) is 16.8 Å². The highest BCUT2D eigenvalue weighted by Gasteiger charge is 2.33. The third-order valence-corrected chi connectivity index (χ3v) is 5.75. The highest BCUT2D eigenvalue weighted by atomic mass is 35.5. The minimum Gasteiger partial charge on any atom is -0.325 e. The zero-order chi connectivity index (χ0) is 19.7. The minimum absolute atomic E-state index is 0.231. The molecule has 142 valence electrons. The van der Waals surface area contributed by atoms with Crippen LogP contribution in [-0.2, 0) is 11.2 Å². The van der Waals surface area contributed by atoms with E-state index in [4.69, 9.17) is 11.6 Å². The van der Waals surface area contributed by atoms with Crippen molar-refractivity contribution in [3.63, 3.8) is 0 Å². The third kappa shape index (κ3) is 3.90. The molecule has 2 aromatic carbocycles. The van der Waals surface area contributed by atoms with Crippen molar-refractivity contribution < 1.29 is 14.0 Å². The molecular formula is C20H15ClFN3O2S. The lowest BCUT2D eigenvalue weighted by Crippen LogP contribution is -2.20. The quantitative estimate of drug-likeness (QED) is 0.639. The lowest BCUT2D eigenvalue weighted by atomic mass is 10.1. The zero-order valence-electron chi connectivity index (χ0n) is 14.5. The molecule has 0 radical (unpaired) electrons. The molecule has 0 saturated carbocycles. The van der Waals surface area contributed by atoms with Crippen LogP contribution in [0.15, 0.2) is 48.5 Å². The minimum atomic E-state index is -0.421. The molecule has 5 nitrogen and oxygen atoms in total. The van der Waals surface area contributed by atoms with E-state index in [0.717, 1.165) is 4.88 Å². The lowest BCUT2D eigenvalue weighted by Gasteiger charge is -2.10. The number of carbonyl (C=O) groups is 2. The number of hydrogen-bond acceptors (Lipinski definition) is 4. The van der Waals surface area contributed by atoms with Gasteiger partial charge in [0, 0.05) is 21.2 Å². The van der Waals surface area contributed by atoms with Gasteiger partial charge < -0.3 is 5.32 Å². The molecule has 0 bridgehead atoms. The van der Waals surface area contributed by atoms with Crippen molar-refractivity contribution in [3.05, 3.63) is 75.5 Å². The molecule has 0 fully saturated rings. The van der Waals surface area contributed by atoms with Crippen molar-refractivity contribution in [2.45, 2.75) is 18.8 Å². The summed E-state index contributed by atoms with van der Waals surface area (Å²) in [5.41, 5.74) is 1.55. The van der Waals surface area contributed by atoms with Crippen LogP contribution in [0.3, 0.4) is 0 Å². The molecule has 1 aliphatic rings. The fourth-order valence-electron chi connectivity index (χ4n) is 3.10. The van der Waals surface area contributed by atoms with Gasteiger partial charge in [0.15, 0.2) is 5.13 Å². The third-order valence-electron chi connectivity index (χ3n) is 4.45. The van der Waals surface area contributed by atoms with Crippen LogP contribution in [0, 0.1) is 5.82 Å². The molecule has 28 heavy (non-hydrogen) atoms. The van der Waals surface area contributed by atoms with Gasteiger partial charge in [-0.3, -0.25) is 14.9 Å². The molecule has 1 aromatic heterocycles. The molecular weight excluding hydrogens is 401 g/mol. The number of hydrogen-bond donors (Lipinski definition) is 2. The summed E-state index contributed by atoms with van der Waals surface area (Å²) >= 11 is 7.21. The molecule has 3 aromatic rings. The van der Waals surface area contributed by atoms with E-state index in [1.807, 2.05) is 0 Å². The summed E-state index contributed by atoms with van der Waals surface area (Å²) in [5.74, 6) is -1.35. The Labute approximate surface area is 169 Å². The summed E-state index contributed by atoms with van der Waals surface area (Å²) in [6, 6.07) is 12.3. The monoisotopic (exact) mass is 415 g/mol. The maximum absolute atomic E-state index is 13.3. The van der Waals surface area contributed by atoms with Gasteiger partial charge in [0.1, 0.15) is 5.82 Å². The Bertz CT molecular complexity index is 1050. The van der Waals surface area contributed by atoms with Gasteiger partial charge in [0.25, 0.3) is 5.91 Å². The Morgan fingerprint density at radius 3 is 2.68 bits per heavy atom. The fraction of sp³-hybridized carbons (Fsp3) is 0.150. The lowest BCUT2D eigenvalue weighted by molar-refractivity contribution is -0.117. The van der Waals surface area contributed by atoms with E-state index < -0.39 is 11.7 Å². The number of anilines is 2. The number of fused-ring (bicyclic) bond motifs is 1. The Hall–Kier alpha value is -2.77. The van der Waals surface area contributed by atoms with Crippen molar-refractivity contribution in [3.8, 4) is 0 Å². The Morgan fingerprint density at radius 1 is 1.14 bits per heavy atom. The number of carbonyl (C=O) groups excluding carboxylic acids is 2. The topological polar surface area (TPSA) is 71.1 Å². The van der Waals surface area contributed by atoms with Crippen molar-refractivity contribution in [1.29, 1.82) is 0 Å². The van der Waals surface area contributed by atoms with Gasteiger partial charge in [-0.25, -0.2) is 9.37 Å². The van der Waals surface area contributed by atoms with Crippen LogP contribution in [0.5, 0.6) is 0 Å². The second-order valence-electron chi connectivity index (χ2n) is 6.38. The predicted octanol–water partition coefficient (Wildman–Crippen LogP) is 4.86. The number of rotatable bonds is 4. The normalized spacial score (nSPS) is 15.1. The molecule has 0 aliphatic heterocycles. The molecule has 1 heterocycles. The Morgan fingerprint density at radius 2 is 1.93 bits per heavy atom. The SMILES string of the molecule is O=C(Nc1nc2c(s1)CCC2C(=O)Nc1cccc(F)c1)c1ccc(Cl)cc1. The van der Waals surface area contributed by atoms with Crippen LogP contribution < -0.4 is 10.6 Å². The van der Waals surface area contributed by atoms with E-state index in [1.54, 1.807) is 30.3 Å². The van der Waals surface area contributed by atoms with Gasteiger partial charge >= 0.3 is 0 Å². The molecule has 0 saturated heterocycles. The van der Waals surface area contributed by atoms with Crippen LogP contribution in [0.4, 0.5) is 15.2 Å². The van der Waals surface area contributed by atoms with E-state index in [2.05, 4.69) is 15.6 Å². The van der Waals surface area contributed by atoms with E-state index in [-0.39, 0.29) is 11.8 Å². The highest BCUT2D eigenvalue weighted by Crippen LogP contribution is 2.39. The number of halogens is 2. The number of aryl methyl sites for hydroxylation is 1.